The summed E-state index contributed by atoms with van der Waals surface area (Å²) in [6.45, 7) is 10.2. The third-order valence-corrected chi connectivity index (χ3v) is 2.95. The Morgan fingerprint density at radius 3 is 2.20 bits per heavy atom. The van der Waals surface area contributed by atoms with Crippen molar-refractivity contribution in [1.82, 2.24) is 10.2 Å². The van der Waals surface area contributed by atoms with Crippen LogP contribution >= 0.6 is 0 Å². The zero-order chi connectivity index (χ0) is 15.0. The summed E-state index contributed by atoms with van der Waals surface area (Å²) in [4.78, 5) is 2.27. The van der Waals surface area contributed by atoms with Crippen LogP contribution in [0.3, 0.4) is 0 Å². The largest absolute Gasteiger partial charge is 0.497 e. The van der Waals surface area contributed by atoms with Gasteiger partial charge < -0.3 is 19.7 Å². The van der Waals surface area contributed by atoms with Crippen LogP contribution in [0, 0.1) is 0 Å². The minimum absolute atomic E-state index is 0.181. The first-order valence-electron chi connectivity index (χ1n) is 7.11. The van der Waals surface area contributed by atoms with Crippen molar-refractivity contribution in [3.63, 3.8) is 0 Å². The summed E-state index contributed by atoms with van der Waals surface area (Å²) in [6, 6.07) is 7.68. The Bertz CT molecular complexity index is 371. The zero-order valence-corrected chi connectivity index (χ0v) is 13.4. The van der Waals surface area contributed by atoms with Crippen LogP contribution in [0.25, 0.3) is 0 Å². The fourth-order valence-electron chi connectivity index (χ4n) is 1.72. The van der Waals surface area contributed by atoms with Gasteiger partial charge in [-0.2, -0.15) is 0 Å². The molecule has 0 amide bonds. The van der Waals surface area contributed by atoms with E-state index in [1.165, 1.54) is 0 Å². The molecule has 0 bridgehead atoms. The standard InChI is InChI=1S/C16H28N2O2/c1-16(2,3)17-10-11-18(4)12-13-20-15-8-6-14(19-5)7-9-15/h6-9,17H,10-13H2,1-5H3. The maximum absolute atomic E-state index is 5.71. The second-order valence-electron chi connectivity index (χ2n) is 6.00. The number of hydrogen-bond acceptors (Lipinski definition) is 4. The van der Waals surface area contributed by atoms with E-state index in [2.05, 4.69) is 38.0 Å². The summed E-state index contributed by atoms with van der Waals surface area (Å²) in [5.74, 6) is 1.73. The maximum Gasteiger partial charge on any atom is 0.119 e. The topological polar surface area (TPSA) is 33.7 Å². The van der Waals surface area contributed by atoms with E-state index in [0.717, 1.165) is 31.1 Å². The van der Waals surface area contributed by atoms with Crippen LogP contribution in [-0.2, 0) is 0 Å². The molecule has 0 atom stereocenters. The van der Waals surface area contributed by atoms with Gasteiger partial charge >= 0.3 is 0 Å². The van der Waals surface area contributed by atoms with Crippen molar-refractivity contribution < 1.29 is 9.47 Å². The van der Waals surface area contributed by atoms with Crippen LogP contribution in [0.1, 0.15) is 20.8 Å². The Balaban J connectivity index is 2.16. The Kier molecular flexibility index (Phi) is 6.82. The number of nitrogens with one attached hydrogen (secondary N) is 1. The Morgan fingerprint density at radius 1 is 1.05 bits per heavy atom. The van der Waals surface area contributed by atoms with E-state index in [-0.39, 0.29) is 5.54 Å². The van der Waals surface area contributed by atoms with Crippen molar-refractivity contribution in [2.24, 2.45) is 0 Å². The number of rotatable bonds is 8. The van der Waals surface area contributed by atoms with Crippen LogP contribution in [0.4, 0.5) is 0 Å². The summed E-state index contributed by atoms with van der Waals surface area (Å²) in [5, 5.41) is 3.48. The normalized spacial score (nSPS) is 11.7. The monoisotopic (exact) mass is 280 g/mol. The highest BCUT2D eigenvalue weighted by atomic mass is 16.5. The lowest BCUT2D eigenvalue weighted by Crippen LogP contribution is -2.41. The van der Waals surface area contributed by atoms with E-state index in [0.29, 0.717) is 6.61 Å². The van der Waals surface area contributed by atoms with Crippen LogP contribution in [0.2, 0.25) is 0 Å². The van der Waals surface area contributed by atoms with Crippen LogP contribution in [0.5, 0.6) is 11.5 Å². The van der Waals surface area contributed by atoms with Crippen molar-refractivity contribution in [3.8, 4) is 11.5 Å². The smallest absolute Gasteiger partial charge is 0.119 e. The lowest BCUT2D eigenvalue weighted by molar-refractivity contribution is 0.232. The number of hydrogen-bond donors (Lipinski definition) is 1. The van der Waals surface area contributed by atoms with E-state index in [9.17, 15) is 0 Å². The summed E-state index contributed by atoms with van der Waals surface area (Å²) < 4.78 is 10.8. The second kappa shape index (κ2) is 8.12. The van der Waals surface area contributed by atoms with Crippen molar-refractivity contribution in [2.75, 3.05) is 40.4 Å². The van der Waals surface area contributed by atoms with Crippen LogP contribution in [-0.4, -0.2) is 50.8 Å². The van der Waals surface area contributed by atoms with E-state index >= 15 is 0 Å². The average Bonchev–Trinajstić information content (AvgIpc) is 2.38. The third kappa shape index (κ3) is 7.36. The first-order chi connectivity index (χ1) is 9.40. The molecule has 0 unspecified atom stereocenters. The molecule has 0 saturated carbocycles. The summed E-state index contributed by atoms with van der Waals surface area (Å²) in [7, 11) is 3.78. The van der Waals surface area contributed by atoms with E-state index < -0.39 is 0 Å². The summed E-state index contributed by atoms with van der Waals surface area (Å²) in [5.41, 5.74) is 0.181. The first kappa shape index (κ1) is 16.8. The lowest BCUT2D eigenvalue weighted by Gasteiger charge is -2.23. The highest BCUT2D eigenvalue weighted by Crippen LogP contribution is 2.16. The number of benzene rings is 1. The van der Waals surface area contributed by atoms with Gasteiger partial charge in [-0.05, 0) is 52.1 Å². The van der Waals surface area contributed by atoms with Crippen molar-refractivity contribution in [1.29, 1.82) is 0 Å². The fourth-order valence-corrected chi connectivity index (χ4v) is 1.72. The molecule has 0 radical (unpaired) electrons. The molecule has 0 aromatic heterocycles. The van der Waals surface area contributed by atoms with Gasteiger partial charge in [0.25, 0.3) is 0 Å². The van der Waals surface area contributed by atoms with Gasteiger partial charge in [-0.15, -0.1) is 0 Å². The number of ether oxygens (including phenoxy) is 2. The highest BCUT2D eigenvalue weighted by Gasteiger charge is 2.08. The molecule has 1 aromatic carbocycles. The van der Waals surface area contributed by atoms with Gasteiger partial charge in [0.1, 0.15) is 18.1 Å². The average molecular weight is 280 g/mol. The molecule has 0 saturated heterocycles. The van der Waals surface area contributed by atoms with Gasteiger partial charge in [-0.25, -0.2) is 0 Å². The van der Waals surface area contributed by atoms with Gasteiger partial charge in [0.05, 0.1) is 7.11 Å². The molecule has 1 N–H and O–H groups in total. The third-order valence-electron chi connectivity index (χ3n) is 2.95. The van der Waals surface area contributed by atoms with E-state index in [1.54, 1.807) is 7.11 Å². The van der Waals surface area contributed by atoms with Crippen molar-refractivity contribution in [3.05, 3.63) is 24.3 Å². The Morgan fingerprint density at radius 2 is 1.65 bits per heavy atom. The van der Waals surface area contributed by atoms with Gasteiger partial charge in [0.2, 0.25) is 0 Å². The molecule has 1 rings (SSSR count). The molecule has 0 spiro atoms. The molecule has 0 fully saturated rings. The van der Waals surface area contributed by atoms with E-state index in [4.69, 9.17) is 9.47 Å². The molecule has 0 aliphatic carbocycles. The minimum Gasteiger partial charge on any atom is -0.497 e. The second-order valence-corrected chi connectivity index (χ2v) is 6.00. The van der Waals surface area contributed by atoms with Crippen molar-refractivity contribution >= 4 is 0 Å². The molecule has 1 aromatic rings. The quantitative estimate of drug-likeness (QED) is 0.793. The molecule has 0 aliphatic heterocycles. The summed E-state index contributed by atoms with van der Waals surface area (Å²) in [6.07, 6.45) is 0. The van der Waals surface area contributed by atoms with Gasteiger partial charge in [-0.3, -0.25) is 0 Å². The van der Waals surface area contributed by atoms with Crippen LogP contribution in [0.15, 0.2) is 24.3 Å². The predicted molar refractivity (Wildman–Crippen MR) is 83.7 cm³/mol. The van der Waals surface area contributed by atoms with Crippen molar-refractivity contribution in [2.45, 2.75) is 26.3 Å². The predicted octanol–water partition coefficient (Wildman–Crippen LogP) is 2.39. The number of nitrogens with zero attached hydrogens (tertiary/aromatic N) is 1. The number of methoxy groups -OCH3 is 1. The molecular weight excluding hydrogens is 252 g/mol. The SMILES string of the molecule is COc1ccc(OCCN(C)CCNC(C)(C)C)cc1. The minimum atomic E-state index is 0.181. The van der Waals surface area contributed by atoms with Gasteiger partial charge in [-0.1, -0.05) is 0 Å². The first-order valence-corrected chi connectivity index (χ1v) is 7.11. The molecule has 4 heteroatoms. The van der Waals surface area contributed by atoms with Crippen LogP contribution < -0.4 is 14.8 Å². The van der Waals surface area contributed by atoms with Gasteiger partial charge in [0, 0.05) is 25.2 Å². The molecular formula is C16H28N2O2. The summed E-state index contributed by atoms with van der Waals surface area (Å²) >= 11 is 0. The fraction of sp³-hybridized carbons (Fsp3) is 0.625. The Hall–Kier alpha value is -1.26. The lowest BCUT2D eigenvalue weighted by atomic mass is 10.1. The number of likely N-dealkylation sites (N-methyl/N-ethyl adjacent to an activating group) is 1. The van der Waals surface area contributed by atoms with E-state index in [1.807, 2.05) is 24.3 Å². The molecule has 20 heavy (non-hydrogen) atoms. The Labute approximate surface area is 123 Å². The van der Waals surface area contributed by atoms with Gasteiger partial charge in [0.15, 0.2) is 0 Å². The maximum atomic E-state index is 5.71. The zero-order valence-electron chi connectivity index (χ0n) is 13.4. The molecule has 0 heterocycles. The molecule has 114 valence electrons. The molecule has 4 nitrogen and oxygen atoms in total. The highest BCUT2D eigenvalue weighted by molar-refractivity contribution is 5.31. The molecule has 0 aliphatic rings.